The van der Waals surface area contributed by atoms with Crippen LogP contribution in [0, 0.1) is 0 Å². The van der Waals surface area contributed by atoms with Gasteiger partial charge in [0, 0.05) is 24.7 Å². The number of hydrogen-bond acceptors (Lipinski definition) is 6. The van der Waals surface area contributed by atoms with Crippen molar-refractivity contribution in [3.63, 3.8) is 0 Å². The summed E-state index contributed by atoms with van der Waals surface area (Å²) in [5.74, 6) is -0.314. The summed E-state index contributed by atoms with van der Waals surface area (Å²) in [6.45, 7) is 5.99. The number of piperidine rings is 1. The van der Waals surface area contributed by atoms with Gasteiger partial charge in [-0.2, -0.15) is 0 Å². The lowest BCUT2D eigenvalue weighted by Crippen LogP contribution is -2.52. The fraction of sp³-hybridized carbons (Fsp3) is 0.524. The first-order valence-corrected chi connectivity index (χ1v) is 10.1. The van der Waals surface area contributed by atoms with Gasteiger partial charge in [0.05, 0.1) is 12.3 Å². The Morgan fingerprint density at radius 3 is 2.57 bits per heavy atom. The van der Waals surface area contributed by atoms with E-state index in [1.54, 1.807) is 36.9 Å². The zero-order chi connectivity index (χ0) is 21.8. The molecule has 3 amide bonds. The van der Waals surface area contributed by atoms with Crippen LogP contribution in [0.2, 0.25) is 0 Å². The number of hydrogen-bond donors (Lipinski definition) is 1. The molecule has 0 bridgehead atoms. The topological polar surface area (TPSA) is 105 Å². The Labute approximate surface area is 175 Å². The minimum Gasteiger partial charge on any atom is -0.479 e. The van der Waals surface area contributed by atoms with Crippen molar-refractivity contribution in [1.82, 2.24) is 10.2 Å². The monoisotopic (exact) mass is 417 g/mol. The molecule has 1 aromatic rings. The Balaban J connectivity index is 1.64. The summed E-state index contributed by atoms with van der Waals surface area (Å²) in [5, 5.41) is 2.94. The highest BCUT2D eigenvalue weighted by molar-refractivity contribution is 6.05. The van der Waals surface area contributed by atoms with E-state index in [0.29, 0.717) is 49.5 Å². The highest BCUT2D eigenvalue weighted by atomic mass is 16.6. The molecule has 2 aliphatic rings. The molecule has 1 aromatic carbocycles. The van der Waals surface area contributed by atoms with E-state index < -0.39 is 6.10 Å². The van der Waals surface area contributed by atoms with Gasteiger partial charge in [-0.05, 0) is 51.8 Å². The van der Waals surface area contributed by atoms with Crippen molar-refractivity contribution in [2.75, 3.05) is 31.1 Å². The Bertz CT molecular complexity index is 847. The van der Waals surface area contributed by atoms with Crippen molar-refractivity contribution < 1.29 is 28.7 Å². The lowest BCUT2D eigenvalue weighted by molar-refractivity contribution is -0.128. The maximum absolute atomic E-state index is 12.7. The van der Waals surface area contributed by atoms with Crippen molar-refractivity contribution in [2.24, 2.45) is 0 Å². The quantitative estimate of drug-likeness (QED) is 0.732. The summed E-state index contributed by atoms with van der Waals surface area (Å²) in [6, 6.07) is 4.77. The van der Waals surface area contributed by atoms with E-state index in [2.05, 4.69) is 5.32 Å². The molecule has 0 aliphatic carbocycles. The molecule has 0 aromatic heterocycles. The Morgan fingerprint density at radius 2 is 1.93 bits per heavy atom. The van der Waals surface area contributed by atoms with Crippen molar-refractivity contribution in [3.05, 3.63) is 23.8 Å². The number of Topliss-reactive ketones (excluding diaryl/α,β-unsaturated/α-hetero) is 1. The third-order valence-electron chi connectivity index (χ3n) is 5.26. The van der Waals surface area contributed by atoms with Crippen LogP contribution in [0.15, 0.2) is 18.2 Å². The number of carbonyl (C=O) groups excluding carboxylic acids is 4. The standard InChI is InChI=1S/C21H27N3O6/c1-4-29-21(28)23-9-7-16(8-10-23)22-19(26)12-24-17-11-15(13(2)25)5-6-18(17)30-14(3)20(24)27/h5-6,11,14,16H,4,7-10,12H2,1-3H3,(H,22,26). The van der Waals surface area contributed by atoms with E-state index in [4.69, 9.17) is 9.47 Å². The van der Waals surface area contributed by atoms with E-state index in [1.165, 1.54) is 11.8 Å². The molecule has 1 atom stereocenters. The largest absolute Gasteiger partial charge is 0.479 e. The van der Waals surface area contributed by atoms with E-state index >= 15 is 0 Å². The first-order chi connectivity index (χ1) is 14.3. The van der Waals surface area contributed by atoms with Crippen LogP contribution in [-0.4, -0.2) is 67.0 Å². The normalized spacial score (nSPS) is 19.0. The maximum Gasteiger partial charge on any atom is 0.409 e. The number of likely N-dealkylation sites (tertiary alicyclic amines) is 1. The molecule has 0 saturated carbocycles. The number of ether oxygens (including phenoxy) is 2. The maximum atomic E-state index is 12.7. The SMILES string of the molecule is CCOC(=O)N1CCC(NC(=O)CN2C(=O)C(C)Oc3ccc(C(C)=O)cc32)CC1. The predicted octanol–water partition coefficient (Wildman–Crippen LogP) is 1.74. The van der Waals surface area contributed by atoms with Gasteiger partial charge in [0.25, 0.3) is 5.91 Å². The number of nitrogens with one attached hydrogen (secondary N) is 1. The fourth-order valence-electron chi connectivity index (χ4n) is 3.63. The second-order valence-corrected chi connectivity index (χ2v) is 7.45. The van der Waals surface area contributed by atoms with Crippen LogP contribution in [0.1, 0.15) is 44.0 Å². The van der Waals surface area contributed by atoms with Crippen LogP contribution in [-0.2, 0) is 14.3 Å². The van der Waals surface area contributed by atoms with Crippen molar-refractivity contribution in [1.29, 1.82) is 0 Å². The summed E-state index contributed by atoms with van der Waals surface area (Å²) >= 11 is 0. The Kier molecular flexibility index (Phi) is 6.59. The third-order valence-corrected chi connectivity index (χ3v) is 5.26. The number of benzene rings is 1. The van der Waals surface area contributed by atoms with Crippen LogP contribution in [0.4, 0.5) is 10.5 Å². The molecule has 1 N–H and O–H groups in total. The summed E-state index contributed by atoms with van der Waals surface area (Å²) < 4.78 is 10.6. The molecule has 0 radical (unpaired) electrons. The number of fused-ring (bicyclic) bond motifs is 1. The number of nitrogens with zero attached hydrogens (tertiary/aromatic N) is 2. The highest BCUT2D eigenvalue weighted by Gasteiger charge is 2.34. The molecule has 2 aliphatic heterocycles. The van der Waals surface area contributed by atoms with Gasteiger partial charge in [0.15, 0.2) is 11.9 Å². The van der Waals surface area contributed by atoms with E-state index in [0.717, 1.165) is 0 Å². The first-order valence-electron chi connectivity index (χ1n) is 10.1. The number of amides is 3. The average Bonchev–Trinajstić information content (AvgIpc) is 2.71. The second-order valence-electron chi connectivity index (χ2n) is 7.45. The van der Waals surface area contributed by atoms with Crippen LogP contribution < -0.4 is 15.0 Å². The van der Waals surface area contributed by atoms with Gasteiger partial charge in [-0.15, -0.1) is 0 Å². The van der Waals surface area contributed by atoms with Crippen LogP contribution in [0.3, 0.4) is 0 Å². The molecule has 1 fully saturated rings. The van der Waals surface area contributed by atoms with E-state index in [9.17, 15) is 19.2 Å². The van der Waals surface area contributed by atoms with Gasteiger partial charge in [-0.25, -0.2) is 4.79 Å². The zero-order valence-electron chi connectivity index (χ0n) is 17.5. The highest BCUT2D eigenvalue weighted by Crippen LogP contribution is 2.35. The molecule has 3 rings (SSSR count). The zero-order valence-corrected chi connectivity index (χ0v) is 17.5. The number of rotatable bonds is 5. The first kappa shape index (κ1) is 21.6. The summed E-state index contributed by atoms with van der Waals surface area (Å²) in [4.78, 5) is 51.8. The van der Waals surface area contributed by atoms with Crippen LogP contribution in [0.25, 0.3) is 0 Å². The summed E-state index contributed by atoms with van der Waals surface area (Å²) in [6.07, 6.45) is 0.168. The Hall–Kier alpha value is -3.10. The lowest BCUT2D eigenvalue weighted by atomic mass is 10.1. The molecular formula is C21H27N3O6. The smallest absolute Gasteiger partial charge is 0.409 e. The molecule has 9 nitrogen and oxygen atoms in total. The number of ketones is 1. The molecule has 0 spiro atoms. The summed E-state index contributed by atoms with van der Waals surface area (Å²) in [5.41, 5.74) is 0.856. The van der Waals surface area contributed by atoms with E-state index in [1.807, 2.05) is 0 Å². The van der Waals surface area contributed by atoms with Gasteiger partial charge in [0.2, 0.25) is 5.91 Å². The minimum atomic E-state index is -0.721. The van der Waals surface area contributed by atoms with Crippen LogP contribution in [0.5, 0.6) is 5.75 Å². The molecule has 1 saturated heterocycles. The molecule has 30 heavy (non-hydrogen) atoms. The molecular weight excluding hydrogens is 390 g/mol. The Morgan fingerprint density at radius 1 is 1.23 bits per heavy atom. The predicted molar refractivity (Wildman–Crippen MR) is 109 cm³/mol. The van der Waals surface area contributed by atoms with Crippen LogP contribution >= 0.6 is 0 Å². The molecule has 1 unspecified atom stereocenters. The second kappa shape index (κ2) is 9.15. The van der Waals surface area contributed by atoms with Gasteiger partial charge in [-0.1, -0.05) is 0 Å². The van der Waals surface area contributed by atoms with Gasteiger partial charge >= 0.3 is 6.09 Å². The van der Waals surface area contributed by atoms with Gasteiger partial charge in [0.1, 0.15) is 12.3 Å². The average molecular weight is 417 g/mol. The summed E-state index contributed by atoms with van der Waals surface area (Å²) in [7, 11) is 0. The van der Waals surface area contributed by atoms with Gasteiger partial charge < -0.3 is 19.7 Å². The van der Waals surface area contributed by atoms with Crippen molar-refractivity contribution >= 4 is 29.4 Å². The molecule has 2 heterocycles. The van der Waals surface area contributed by atoms with Gasteiger partial charge in [-0.3, -0.25) is 19.3 Å². The number of carbonyl (C=O) groups is 4. The molecule has 9 heteroatoms. The fourth-order valence-corrected chi connectivity index (χ4v) is 3.63. The molecule has 162 valence electrons. The van der Waals surface area contributed by atoms with Crippen molar-refractivity contribution in [2.45, 2.75) is 45.8 Å². The lowest BCUT2D eigenvalue weighted by Gasteiger charge is -2.34. The van der Waals surface area contributed by atoms with E-state index in [-0.39, 0.29) is 36.3 Å². The number of anilines is 1. The minimum absolute atomic E-state index is 0.0835. The van der Waals surface area contributed by atoms with Crippen molar-refractivity contribution in [3.8, 4) is 5.75 Å². The third kappa shape index (κ3) is 4.72.